The summed E-state index contributed by atoms with van der Waals surface area (Å²) >= 11 is 6.37. The molecule has 0 aliphatic rings. The maximum Gasteiger partial charge on any atom is 0.252 e. The number of pyridine rings is 1. The Balaban J connectivity index is 1.49. The second kappa shape index (κ2) is 9.55. The summed E-state index contributed by atoms with van der Waals surface area (Å²) in [6.45, 7) is 0.643. The highest BCUT2D eigenvalue weighted by Gasteiger charge is 2.14. The summed E-state index contributed by atoms with van der Waals surface area (Å²) in [5, 5.41) is 4.53. The molecule has 0 unspecified atom stereocenters. The molecule has 150 valence electrons. The van der Waals surface area contributed by atoms with E-state index in [0.717, 1.165) is 35.7 Å². The lowest BCUT2D eigenvalue weighted by molar-refractivity contribution is 0.0954. The van der Waals surface area contributed by atoms with Gasteiger partial charge in [0.15, 0.2) is 0 Å². The first-order valence-electron chi connectivity index (χ1n) is 10.2. The summed E-state index contributed by atoms with van der Waals surface area (Å²) in [5.74, 6) is -0.0818. The largest absolute Gasteiger partial charge is 0.352 e. The first-order chi connectivity index (χ1) is 14.7. The molecular formula is C26H23ClN2O. The second-order valence-electron chi connectivity index (χ2n) is 7.25. The van der Waals surface area contributed by atoms with Crippen LogP contribution in [0.1, 0.15) is 28.8 Å². The number of carbonyl (C=O) groups excluding carboxylic acids is 1. The third-order valence-corrected chi connectivity index (χ3v) is 5.46. The van der Waals surface area contributed by atoms with E-state index in [9.17, 15) is 4.79 Å². The van der Waals surface area contributed by atoms with Crippen LogP contribution in [0.3, 0.4) is 0 Å². The Morgan fingerprint density at radius 3 is 2.43 bits per heavy atom. The van der Waals surface area contributed by atoms with Crippen LogP contribution in [-0.4, -0.2) is 17.4 Å². The van der Waals surface area contributed by atoms with Crippen LogP contribution in [0.25, 0.3) is 22.2 Å². The highest BCUT2D eigenvalue weighted by molar-refractivity contribution is 6.33. The summed E-state index contributed by atoms with van der Waals surface area (Å²) in [5.41, 5.74) is 4.26. The van der Waals surface area contributed by atoms with E-state index < -0.39 is 0 Å². The molecule has 0 aliphatic heterocycles. The molecule has 1 aromatic heterocycles. The van der Waals surface area contributed by atoms with E-state index in [1.54, 1.807) is 0 Å². The number of aromatic nitrogens is 1. The van der Waals surface area contributed by atoms with Crippen molar-refractivity contribution in [1.82, 2.24) is 10.3 Å². The predicted octanol–water partition coefficient (Wildman–Crippen LogP) is 6.31. The second-order valence-corrected chi connectivity index (χ2v) is 7.66. The monoisotopic (exact) mass is 414 g/mol. The number of benzene rings is 3. The normalized spacial score (nSPS) is 10.8. The fraction of sp³-hybridized carbons (Fsp3) is 0.154. The highest BCUT2D eigenvalue weighted by atomic mass is 35.5. The van der Waals surface area contributed by atoms with Crippen molar-refractivity contribution >= 4 is 28.4 Å². The Labute approximate surface area is 181 Å². The molecule has 0 atom stereocenters. The molecule has 4 rings (SSSR count). The van der Waals surface area contributed by atoms with Gasteiger partial charge >= 0.3 is 0 Å². The van der Waals surface area contributed by atoms with E-state index in [1.807, 2.05) is 60.7 Å². The smallest absolute Gasteiger partial charge is 0.252 e. The quantitative estimate of drug-likeness (QED) is 0.360. The summed E-state index contributed by atoms with van der Waals surface area (Å²) in [6.07, 6.45) is 2.98. The van der Waals surface area contributed by atoms with Crippen molar-refractivity contribution in [3.63, 3.8) is 0 Å². The highest BCUT2D eigenvalue weighted by Crippen LogP contribution is 2.29. The summed E-state index contributed by atoms with van der Waals surface area (Å²) in [6, 6.07) is 27.5. The van der Waals surface area contributed by atoms with Crippen LogP contribution >= 0.6 is 11.6 Å². The number of rotatable bonds is 7. The van der Waals surface area contributed by atoms with Gasteiger partial charge in [-0.15, -0.1) is 0 Å². The van der Waals surface area contributed by atoms with Crippen molar-refractivity contribution in [2.75, 3.05) is 6.54 Å². The Morgan fingerprint density at radius 2 is 1.60 bits per heavy atom. The molecule has 0 fully saturated rings. The minimum atomic E-state index is -0.0818. The van der Waals surface area contributed by atoms with Gasteiger partial charge < -0.3 is 5.32 Å². The standard InChI is InChI=1S/C26H23ClN2O/c27-23-15-6-4-14-21(23)25-18-22(20-13-5-7-16-24(20)29-25)26(30)28-17-9-8-12-19-10-2-1-3-11-19/h1-7,10-11,13-16,18H,8-9,12,17H2,(H,28,30). The van der Waals surface area contributed by atoms with Crippen LogP contribution in [0.2, 0.25) is 5.02 Å². The molecule has 4 heteroatoms. The lowest BCUT2D eigenvalue weighted by atomic mass is 10.0. The number of hydrogen-bond donors (Lipinski definition) is 1. The fourth-order valence-electron chi connectivity index (χ4n) is 3.57. The number of para-hydroxylation sites is 1. The lowest BCUT2D eigenvalue weighted by Gasteiger charge is -2.11. The zero-order chi connectivity index (χ0) is 20.8. The van der Waals surface area contributed by atoms with E-state index in [-0.39, 0.29) is 5.91 Å². The van der Waals surface area contributed by atoms with Crippen molar-refractivity contribution in [1.29, 1.82) is 0 Å². The van der Waals surface area contributed by atoms with E-state index in [2.05, 4.69) is 29.6 Å². The number of fused-ring (bicyclic) bond motifs is 1. The number of nitrogens with zero attached hydrogens (tertiary/aromatic N) is 1. The molecule has 0 radical (unpaired) electrons. The van der Waals surface area contributed by atoms with Crippen molar-refractivity contribution in [2.24, 2.45) is 0 Å². The van der Waals surface area contributed by atoms with Gasteiger partial charge in [0.1, 0.15) is 0 Å². The van der Waals surface area contributed by atoms with Gasteiger partial charge in [-0.2, -0.15) is 0 Å². The average molecular weight is 415 g/mol. The third-order valence-electron chi connectivity index (χ3n) is 5.13. The van der Waals surface area contributed by atoms with Gasteiger partial charge in [-0.05, 0) is 43.0 Å². The van der Waals surface area contributed by atoms with Crippen molar-refractivity contribution < 1.29 is 4.79 Å². The minimum Gasteiger partial charge on any atom is -0.352 e. The van der Waals surface area contributed by atoms with Crippen LogP contribution in [0, 0.1) is 0 Å². The molecule has 0 bridgehead atoms. The number of unbranched alkanes of at least 4 members (excludes halogenated alkanes) is 1. The van der Waals surface area contributed by atoms with Crippen LogP contribution in [0.5, 0.6) is 0 Å². The SMILES string of the molecule is O=C(NCCCCc1ccccc1)c1cc(-c2ccccc2Cl)nc2ccccc12. The Hall–Kier alpha value is -3.17. The maximum atomic E-state index is 13.0. The molecule has 4 aromatic rings. The van der Waals surface area contributed by atoms with Gasteiger partial charge in [-0.3, -0.25) is 4.79 Å². The molecule has 30 heavy (non-hydrogen) atoms. The van der Waals surface area contributed by atoms with Crippen LogP contribution in [-0.2, 0) is 6.42 Å². The van der Waals surface area contributed by atoms with Gasteiger partial charge in [-0.1, -0.05) is 78.3 Å². The Kier molecular flexibility index (Phi) is 6.41. The van der Waals surface area contributed by atoms with Gasteiger partial charge in [0.2, 0.25) is 0 Å². The molecule has 0 aliphatic carbocycles. The van der Waals surface area contributed by atoms with Crippen LogP contribution in [0.4, 0.5) is 0 Å². The van der Waals surface area contributed by atoms with Crippen LogP contribution in [0.15, 0.2) is 84.9 Å². The minimum absolute atomic E-state index is 0.0818. The lowest BCUT2D eigenvalue weighted by Crippen LogP contribution is -2.25. The van der Waals surface area contributed by atoms with Gasteiger partial charge in [-0.25, -0.2) is 4.98 Å². The van der Waals surface area contributed by atoms with Gasteiger partial charge in [0.25, 0.3) is 5.91 Å². The molecule has 0 saturated carbocycles. The summed E-state index contributed by atoms with van der Waals surface area (Å²) < 4.78 is 0. The zero-order valence-corrected chi connectivity index (χ0v) is 17.4. The maximum absolute atomic E-state index is 13.0. The van der Waals surface area contributed by atoms with Gasteiger partial charge in [0.05, 0.1) is 16.8 Å². The molecule has 0 saturated heterocycles. The number of carbonyl (C=O) groups is 1. The fourth-order valence-corrected chi connectivity index (χ4v) is 3.80. The van der Waals surface area contributed by atoms with E-state index in [1.165, 1.54) is 5.56 Å². The molecular weight excluding hydrogens is 392 g/mol. The van der Waals surface area contributed by atoms with E-state index >= 15 is 0 Å². The van der Waals surface area contributed by atoms with E-state index in [0.29, 0.717) is 22.8 Å². The number of nitrogens with one attached hydrogen (secondary N) is 1. The average Bonchev–Trinajstić information content (AvgIpc) is 2.79. The van der Waals surface area contributed by atoms with Crippen molar-refractivity contribution in [2.45, 2.75) is 19.3 Å². The zero-order valence-electron chi connectivity index (χ0n) is 16.6. The number of aryl methyl sites for hydroxylation is 1. The molecule has 1 heterocycles. The molecule has 0 spiro atoms. The third kappa shape index (κ3) is 4.69. The molecule has 1 amide bonds. The first kappa shape index (κ1) is 20.1. The van der Waals surface area contributed by atoms with Crippen LogP contribution < -0.4 is 5.32 Å². The summed E-state index contributed by atoms with van der Waals surface area (Å²) in [4.78, 5) is 17.7. The van der Waals surface area contributed by atoms with E-state index in [4.69, 9.17) is 16.6 Å². The van der Waals surface area contributed by atoms with Crippen molar-refractivity contribution in [3.8, 4) is 11.3 Å². The summed E-state index contributed by atoms with van der Waals surface area (Å²) in [7, 11) is 0. The number of amides is 1. The molecule has 1 N–H and O–H groups in total. The Bertz CT molecular complexity index is 1160. The predicted molar refractivity (Wildman–Crippen MR) is 124 cm³/mol. The topological polar surface area (TPSA) is 42.0 Å². The van der Waals surface area contributed by atoms with Gasteiger partial charge in [0, 0.05) is 22.5 Å². The van der Waals surface area contributed by atoms with Crippen molar-refractivity contribution in [3.05, 3.63) is 101 Å². The molecule has 3 nitrogen and oxygen atoms in total. The first-order valence-corrected chi connectivity index (χ1v) is 10.6. The number of halogens is 1. The Morgan fingerprint density at radius 1 is 0.867 bits per heavy atom. The molecule has 3 aromatic carbocycles. The number of hydrogen-bond acceptors (Lipinski definition) is 2.